The first-order chi connectivity index (χ1) is 15.1. The summed E-state index contributed by atoms with van der Waals surface area (Å²) in [6.45, 7) is 2.15. The fourth-order valence-corrected chi connectivity index (χ4v) is 3.12. The van der Waals surface area contributed by atoms with Crippen molar-refractivity contribution < 1.29 is 33.0 Å². The minimum atomic E-state index is -4.43. The standard InChI is InChI=1S/C23H27F3N2O4/c1-15(5-10-20(29)14-17-3-2-4-19(13-17)23(24,25)26)21(30)28-27-12-11-16-6-8-18(9-7-16)22(31)32/h2-4,6-9,13,15,20,27,29H,5,10-12,14H2,1H3,(H,28,30)(H,31,32). The lowest BCUT2D eigenvalue weighted by atomic mass is 9.97. The Morgan fingerprint density at radius 2 is 1.72 bits per heavy atom. The molecule has 9 heteroatoms. The van der Waals surface area contributed by atoms with E-state index in [1.54, 1.807) is 19.1 Å². The van der Waals surface area contributed by atoms with Gasteiger partial charge in [0.1, 0.15) is 0 Å². The van der Waals surface area contributed by atoms with Crippen molar-refractivity contribution in [3.8, 4) is 0 Å². The van der Waals surface area contributed by atoms with Gasteiger partial charge in [-0.3, -0.25) is 10.2 Å². The average Bonchev–Trinajstić information content (AvgIpc) is 2.74. The van der Waals surface area contributed by atoms with E-state index in [2.05, 4.69) is 10.9 Å². The molecule has 0 spiro atoms. The van der Waals surface area contributed by atoms with E-state index in [0.717, 1.165) is 17.7 Å². The number of benzene rings is 2. The number of rotatable bonds is 11. The number of amides is 1. The van der Waals surface area contributed by atoms with Gasteiger partial charge >= 0.3 is 12.1 Å². The number of halogens is 3. The lowest BCUT2D eigenvalue weighted by Gasteiger charge is -2.16. The third-order valence-electron chi connectivity index (χ3n) is 5.06. The van der Waals surface area contributed by atoms with Gasteiger partial charge in [-0.25, -0.2) is 10.2 Å². The summed E-state index contributed by atoms with van der Waals surface area (Å²) in [7, 11) is 0. The Balaban J connectivity index is 1.68. The molecule has 4 N–H and O–H groups in total. The number of aromatic carboxylic acids is 1. The number of aliphatic hydroxyl groups is 1. The minimum absolute atomic E-state index is 0.0805. The van der Waals surface area contributed by atoms with E-state index >= 15 is 0 Å². The summed E-state index contributed by atoms with van der Waals surface area (Å²) in [4.78, 5) is 23.0. The van der Waals surface area contributed by atoms with Crippen LogP contribution in [0.5, 0.6) is 0 Å². The maximum atomic E-state index is 12.8. The topological polar surface area (TPSA) is 98.7 Å². The second kappa shape index (κ2) is 11.6. The number of hydrogen-bond donors (Lipinski definition) is 4. The molecule has 2 atom stereocenters. The summed E-state index contributed by atoms with van der Waals surface area (Å²) >= 11 is 0. The van der Waals surface area contributed by atoms with E-state index in [1.807, 2.05) is 0 Å². The fourth-order valence-electron chi connectivity index (χ4n) is 3.12. The number of hydrogen-bond acceptors (Lipinski definition) is 4. The van der Waals surface area contributed by atoms with Gasteiger partial charge in [0.25, 0.3) is 0 Å². The summed E-state index contributed by atoms with van der Waals surface area (Å²) in [5.41, 5.74) is 6.17. The molecule has 6 nitrogen and oxygen atoms in total. The maximum absolute atomic E-state index is 12.8. The lowest BCUT2D eigenvalue weighted by molar-refractivity contribution is -0.137. The quantitative estimate of drug-likeness (QED) is 0.309. The molecule has 1 amide bonds. The highest BCUT2D eigenvalue weighted by molar-refractivity contribution is 5.87. The largest absolute Gasteiger partial charge is 0.478 e. The van der Waals surface area contributed by atoms with Crippen LogP contribution in [0.15, 0.2) is 48.5 Å². The number of carbonyl (C=O) groups excluding carboxylic acids is 1. The molecule has 2 rings (SSSR count). The Morgan fingerprint density at radius 1 is 1.03 bits per heavy atom. The Labute approximate surface area is 184 Å². The fraction of sp³-hybridized carbons (Fsp3) is 0.391. The van der Waals surface area contributed by atoms with Crippen LogP contribution in [-0.4, -0.2) is 34.7 Å². The van der Waals surface area contributed by atoms with Crippen LogP contribution in [0.2, 0.25) is 0 Å². The Kier molecular flexibility index (Phi) is 9.22. The highest BCUT2D eigenvalue weighted by Gasteiger charge is 2.30. The van der Waals surface area contributed by atoms with Crippen LogP contribution in [0.3, 0.4) is 0 Å². The second-order valence-electron chi connectivity index (χ2n) is 7.70. The summed E-state index contributed by atoms with van der Waals surface area (Å²) in [5, 5.41) is 19.0. The molecule has 2 aromatic carbocycles. The number of hydrazine groups is 1. The van der Waals surface area contributed by atoms with Crippen molar-refractivity contribution in [2.24, 2.45) is 5.92 Å². The smallest absolute Gasteiger partial charge is 0.416 e. The van der Waals surface area contributed by atoms with E-state index in [0.29, 0.717) is 24.9 Å². The third kappa shape index (κ3) is 8.32. The van der Waals surface area contributed by atoms with Crippen molar-refractivity contribution in [1.82, 2.24) is 10.9 Å². The summed E-state index contributed by atoms with van der Waals surface area (Å²) < 4.78 is 38.3. The van der Waals surface area contributed by atoms with Crippen LogP contribution < -0.4 is 10.9 Å². The van der Waals surface area contributed by atoms with Crippen LogP contribution in [0.4, 0.5) is 13.2 Å². The predicted octanol–water partition coefficient (Wildman–Crippen LogP) is 3.59. The lowest BCUT2D eigenvalue weighted by Crippen LogP contribution is -2.41. The zero-order valence-electron chi connectivity index (χ0n) is 17.7. The first kappa shape index (κ1) is 25.4. The Bertz CT molecular complexity index is 901. The molecule has 0 fully saturated rings. The molecule has 0 aliphatic rings. The molecule has 0 aromatic heterocycles. The molecular formula is C23H27F3N2O4. The molecular weight excluding hydrogens is 425 g/mol. The van der Waals surface area contributed by atoms with E-state index in [-0.39, 0.29) is 24.3 Å². The molecule has 0 aliphatic heterocycles. The van der Waals surface area contributed by atoms with Gasteiger partial charge in [-0.1, -0.05) is 37.3 Å². The second-order valence-corrected chi connectivity index (χ2v) is 7.70. The van der Waals surface area contributed by atoms with Crippen molar-refractivity contribution >= 4 is 11.9 Å². The number of nitrogens with one attached hydrogen (secondary N) is 2. The summed E-state index contributed by atoms with van der Waals surface area (Å²) in [6, 6.07) is 11.3. The van der Waals surface area contributed by atoms with Crippen LogP contribution in [0, 0.1) is 5.92 Å². The van der Waals surface area contributed by atoms with Crippen LogP contribution in [0.1, 0.15) is 46.8 Å². The summed E-state index contributed by atoms with van der Waals surface area (Å²) in [6.07, 6.45) is -3.95. The van der Waals surface area contributed by atoms with Gasteiger partial charge in [0.2, 0.25) is 5.91 Å². The van der Waals surface area contributed by atoms with Gasteiger partial charge in [0, 0.05) is 12.5 Å². The van der Waals surface area contributed by atoms with Crippen molar-refractivity contribution in [1.29, 1.82) is 0 Å². The SMILES string of the molecule is CC(CCC(O)Cc1cccc(C(F)(F)F)c1)C(=O)NNCCc1ccc(C(=O)O)cc1. The molecule has 32 heavy (non-hydrogen) atoms. The maximum Gasteiger partial charge on any atom is 0.416 e. The van der Waals surface area contributed by atoms with E-state index in [4.69, 9.17) is 5.11 Å². The van der Waals surface area contributed by atoms with E-state index < -0.39 is 29.7 Å². The Hall–Kier alpha value is -2.91. The van der Waals surface area contributed by atoms with Crippen molar-refractivity contribution in [3.63, 3.8) is 0 Å². The first-order valence-corrected chi connectivity index (χ1v) is 10.3. The van der Waals surface area contributed by atoms with Crippen LogP contribution in [-0.2, 0) is 23.8 Å². The van der Waals surface area contributed by atoms with Gasteiger partial charge in [0.05, 0.1) is 17.2 Å². The van der Waals surface area contributed by atoms with Gasteiger partial charge in [-0.2, -0.15) is 13.2 Å². The molecule has 0 aliphatic carbocycles. The average molecular weight is 452 g/mol. The highest BCUT2D eigenvalue weighted by Crippen LogP contribution is 2.29. The monoisotopic (exact) mass is 452 g/mol. The predicted molar refractivity (Wildman–Crippen MR) is 113 cm³/mol. The van der Waals surface area contributed by atoms with Gasteiger partial charge in [-0.05, 0) is 55.0 Å². The van der Waals surface area contributed by atoms with Crippen LogP contribution >= 0.6 is 0 Å². The zero-order valence-corrected chi connectivity index (χ0v) is 17.7. The number of carboxylic acid groups (broad SMARTS) is 1. The van der Waals surface area contributed by atoms with Crippen molar-refractivity contribution in [2.75, 3.05) is 6.54 Å². The molecule has 0 saturated carbocycles. The van der Waals surface area contributed by atoms with Gasteiger partial charge in [0.15, 0.2) is 0 Å². The first-order valence-electron chi connectivity index (χ1n) is 10.3. The third-order valence-corrected chi connectivity index (χ3v) is 5.06. The van der Waals surface area contributed by atoms with Gasteiger partial charge < -0.3 is 10.2 Å². The van der Waals surface area contributed by atoms with Gasteiger partial charge in [-0.15, -0.1) is 0 Å². The minimum Gasteiger partial charge on any atom is -0.478 e. The molecule has 174 valence electrons. The van der Waals surface area contributed by atoms with E-state index in [1.165, 1.54) is 24.3 Å². The summed E-state index contributed by atoms with van der Waals surface area (Å²) in [5.74, 6) is -1.64. The molecule has 0 bridgehead atoms. The number of carboxylic acids is 1. The zero-order chi connectivity index (χ0) is 23.7. The molecule has 0 radical (unpaired) electrons. The van der Waals surface area contributed by atoms with Crippen molar-refractivity contribution in [3.05, 3.63) is 70.8 Å². The molecule has 2 aromatic rings. The normalized spacial score (nSPS) is 13.4. The molecule has 0 heterocycles. The Morgan fingerprint density at radius 3 is 2.34 bits per heavy atom. The number of carbonyl (C=O) groups is 2. The van der Waals surface area contributed by atoms with Crippen molar-refractivity contribution in [2.45, 2.75) is 44.9 Å². The molecule has 0 saturated heterocycles. The number of alkyl halides is 3. The van der Waals surface area contributed by atoms with E-state index in [9.17, 15) is 27.9 Å². The molecule has 2 unspecified atom stereocenters. The number of aliphatic hydroxyl groups excluding tert-OH is 1. The van der Waals surface area contributed by atoms with Crippen LogP contribution in [0.25, 0.3) is 0 Å². The highest BCUT2D eigenvalue weighted by atomic mass is 19.4.